The minimum absolute atomic E-state index is 0.425. The third kappa shape index (κ3) is 2.56. The predicted molar refractivity (Wildman–Crippen MR) is 82.5 cm³/mol. The molecule has 3 rings (SSSR count). The van der Waals surface area contributed by atoms with Gasteiger partial charge in [0.15, 0.2) is 0 Å². The molecule has 2 aromatic carbocycles. The zero-order valence-electron chi connectivity index (χ0n) is 12.2. The van der Waals surface area contributed by atoms with Crippen molar-refractivity contribution in [3.63, 3.8) is 0 Å². The van der Waals surface area contributed by atoms with E-state index in [4.69, 9.17) is 4.74 Å². The lowest BCUT2D eigenvalue weighted by Crippen LogP contribution is -2.24. The largest absolute Gasteiger partial charge is 0.497 e. The molecule has 2 heteroatoms. The van der Waals surface area contributed by atoms with Crippen molar-refractivity contribution in [3.05, 3.63) is 65.2 Å². The maximum Gasteiger partial charge on any atom is 0.119 e. The highest BCUT2D eigenvalue weighted by molar-refractivity contribution is 5.44. The van der Waals surface area contributed by atoms with Crippen molar-refractivity contribution in [1.29, 1.82) is 0 Å². The van der Waals surface area contributed by atoms with Gasteiger partial charge in [-0.3, -0.25) is 0 Å². The summed E-state index contributed by atoms with van der Waals surface area (Å²) in [5.41, 5.74) is 4.25. The molecule has 1 aliphatic heterocycles. The van der Waals surface area contributed by atoms with Gasteiger partial charge in [-0.1, -0.05) is 36.4 Å². The highest BCUT2D eigenvalue weighted by atomic mass is 16.5. The first kappa shape index (κ1) is 13.2. The summed E-state index contributed by atoms with van der Waals surface area (Å²) >= 11 is 0. The van der Waals surface area contributed by atoms with Crippen molar-refractivity contribution in [2.24, 2.45) is 0 Å². The Hall–Kier alpha value is -1.80. The molecule has 2 aromatic rings. The van der Waals surface area contributed by atoms with Crippen LogP contribution in [0.3, 0.4) is 0 Å². The van der Waals surface area contributed by atoms with Gasteiger partial charge in [0.1, 0.15) is 5.75 Å². The van der Waals surface area contributed by atoms with E-state index < -0.39 is 0 Å². The summed E-state index contributed by atoms with van der Waals surface area (Å²) in [6, 6.07) is 17.3. The van der Waals surface area contributed by atoms with Gasteiger partial charge in [-0.2, -0.15) is 0 Å². The lowest BCUT2D eigenvalue weighted by molar-refractivity contribution is 0.338. The Kier molecular flexibility index (Phi) is 3.75. The summed E-state index contributed by atoms with van der Waals surface area (Å²) in [6.07, 6.45) is 1.11. The van der Waals surface area contributed by atoms with Crippen molar-refractivity contribution in [3.8, 4) is 5.75 Å². The molecule has 0 radical (unpaired) electrons. The molecule has 0 N–H and O–H groups in total. The number of rotatable bonds is 2. The Labute approximate surface area is 121 Å². The summed E-state index contributed by atoms with van der Waals surface area (Å²) in [5, 5.41) is 0. The molecular weight excluding hydrogens is 246 g/mol. The van der Waals surface area contributed by atoms with E-state index in [0.717, 1.165) is 25.3 Å². The summed E-state index contributed by atoms with van der Waals surface area (Å²) in [6.45, 7) is 2.17. The van der Waals surface area contributed by atoms with E-state index in [1.54, 1.807) is 7.11 Å². The van der Waals surface area contributed by atoms with Crippen LogP contribution in [0.25, 0.3) is 0 Å². The lowest BCUT2D eigenvalue weighted by Gasteiger charge is -2.22. The molecule has 0 bridgehead atoms. The number of fused-ring (bicyclic) bond motifs is 1. The first-order valence-electron chi connectivity index (χ1n) is 7.18. The first-order valence-corrected chi connectivity index (χ1v) is 7.18. The number of hydrogen-bond acceptors (Lipinski definition) is 2. The van der Waals surface area contributed by atoms with Gasteiger partial charge in [0, 0.05) is 19.0 Å². The Morgan fingerprint density at radius 2 is 1.90 bits per heavy atom. The molecule has 1 atom stereocenters. The molecule has 0 aliphatic carbocycles. The van der Waals surface area contributed by atoms with Crippen molar-refractivity contribution in [1.82, 2.24) is 4.90 Å². The van der Waals surface area contributed by atoms with E-state index in [0.29, 0.717) is 5.92 Å². The molecule has 0 aromatic heterocycles. The van der Waals surface area contributed by atoms with Crippen LogP contribution < -0.4 is 4.74 Å². The van der Waals surface area contributed by atoms with Crippen molar-refractivity contribution >= 4 is 0 Å². The van der Waals surface area contributed by atoms with Crippen LogP contribution in [0, 0.1) is 0 Å². The Morgan fingerprint density at radius 1 is 1.10 bits per heavy atom. The van der Waals surface area contributed by atoms with Crippen LogP contribution >= 0.6 is 0 Å². The molecule has 1 aliphatic rings. The van der Waals surface area contributed by atoms with E-state index in [1.165, 1.54) is 16.7 Å². The van der Waals surface area contributed by atoms with Crippen molar-refractivity contribution < 1.29 is 4.74 Å². The normalized spacial score (nSPS) is 19.2. The van der Waals surface area contributed by atoms with Crippen LogP contribution in [-0.4, -0.2) is 32.1 Å². The molecule has 2 nitrogen and oxygen atoms in total. The topological polar surface area (TPSA) is 12.5 Å². The van der Waals surface area contributed by atoms with E-state index >= 15 is 0 Å². The van der Waals surface area contributed by atoms with Gasteiger partial charge in [0.05, 0.1) is 7.11 Å². The molecule has 0 saturated heterocycles. The highest BCUT2D eigenvalue weighted by Gasteiger charge is 2.23. The molecule has 0 fully saturated rings. The number of hydrogen-bond donors (Lipinski definition) is 0. The van der Waals surface area contributed by atoms with E-state index in [-0.39, 0.29) is 0 Å². The van der Waals surface area contributed by atoms with Crippen molar-refractivity contribution in [2.75, 3.05) is 27.2 Å². The number of nitrogens with zero attached hydrogens (tertiary/aromatic N) is 1. The first-order chi connectivity index (χ1) is 9.78. The maximum atomic E-state index is 5.42. The molecular formula is C18H21NO. The SMILES string of the molecule is COc1ccc2c(c1)[C@H](c1ccccc1)CN(C)CC2. The Balaban J connectivity index is 2.08. The molecule has 0 spiro atoms. The van der Waals surface area contributed by atoms with Gasteiger partial charge in [0.2, 0.25) is 0 Å². The van der Waals surface area contributed by atoms with Gasteiger partial charge in [-0.05, 0) is 42.3 Å². The van der Waals surface area contributed by atoms with Crippen molar-refractivity contribution in [2.45, 2.75) is 12.3 Å². The monoisotopic (exact) mass is 267 g/mol. The van der Waals surface area contributed by atoms with Crippen LogP contribution in [0.4, 0.5) is 0 Å². The number of likely N-dealkylation sites (N-methyl/N-ethyl adjacent to an activating group) is 1. The van der Waals surface area contributed by atoms with Crippen LogP contribution in [0.1, 0.15) is 22.6 Å². The van der Waals surface area contributed by atoms with Crippen LogP contribution in [0.5, 0.6) is 5.75 Å². The molecule has 104 valence electrons. The zero-order valence-corrected chi connectivity index (χ0v) is 12.2. The van der Waals surface area contributed by atoms with E-state index in [2.05, 4.69) is 60.5 Å². The number of methoxy groups -OCH3 is 1. The molecule has 1 heterocycles. The third-order valence-electron chi connectivity index (χ3n) is 4.19. The van der Waals surface area contributed by atoms with Gasteiger partial charge in [-0.15, -0.1) is 0 Å². The maximum absolute atomic E-state index is 5.42. The average molecular weight is 267 g/mol. The highest BCUT2D eigenvalue weighted by Crippen LogP contribution is 2.33. The fourth-order valence-electron chi connectivity index (χ4n) is 3.03. The summed E-state index contributed by atoms with van der Waals surface area (Å²) in [5.74, 6) is 1.38. The van der Waals surface area contributed by atoms with Gasteiger partial charge < -0.3 is 9.64 Å². The second kappa shape index (κ2) is 5.68. The van der Waals surface area contributed by atoms with Gasteiger partial charge in [-0.25, -0.2) is 0 Å². The predicted octanol–water partition coefficient (Wildman–Crippen LogP) is 3.32. The van der Waals surface area contributed by atoms with E-state index in [1.807, 2.05) is 0 Å². The second-order valence-electron chi connectivity index (χ2n) is 5.54. The fourth-order valence-corrected chi connectivity index (χ4v) is 3.03. The zero-order chi connectivity index (χ0) is 13.9. The molecule has 0 amide bonds. The standard InChI is InChI=1S/C18H21NO/c1-19-11-10-15-8-9-16(20-2)12-17(15)18(13-19)14-6-4-3-5-7-14/h3-9,12,18H,10-11,13H2,1-2H3/t18-/m0/s1. The van der Waals surface area contributed by atoms with Crippen LogP contribution in [0.15, 0.2) is 48.5 Å². The fraction of sp³-hybridized carbons (Fsp3) is 0.333. The minimum Gasteiger partial charge on any atom is -0.497 e. The average Bonchev–Trinajstić information content (AvgIpc) is 2.67. The summed E-state index contributed by atoms with van der Waals surface area (Å²) < 4.78 is 5.42. The number of benzene rings is 2. The smallest absolute Gasteiger partial charge is 0.119 e. The minimum atomic E-state index is 0.425. The van der Waals surface area contributed by atoms with Gasteiger partial charge >= 0.3 is 0 Å². The Morgan fingerprint density at radius 3 is 2.65 bits per heavy atom. The Bertz CT molecular complexity index is 579. The van der Waals surface area contributed by atoms with Gasteiger partial charge in [0.25, 0.3) is 0 Å². The lowest BCUT2D eigenvalue weighted by atomic mass is 9.88. The number of ether oxygens (including phenoxy) is 1. The second-order valence-corrected chi connectivity index (χ2v) is 5.54. The molecule has 0 unspecified atom stereocenters. The van der Waals surface area contributed by atoms with Crippen LogP contribution in [-0.2, 0) is 6.42 Å². The van der Waals surface area contributed by atoms with Crippen LogP contribution in [0.2, 0.25) is 0 Å². The third-order valence-corrected chi connectivity index (χ3v) is 4.19. The quantitative estimate of drug-likeness (QED) is 0.827. The molecule has 20 heavy (non-hydrogen) atoms. The molecule has 0 saturated carbocycles. The van der Waals surface area contributed by atoms with E-state index in [9.17, 15) is 0 Å². The summed E-state index contributed by atoms with van der Waals surface area (Å²) in [4.78, 5) is 2.42. The summed E-state index contributed by atoms with van der Waals surface area (Å²) in [7, 11) is 3.95.